The van der Waals surface area contributed by atoms with E-state index in [0.717, 1.165) is 18.7 Å². The zero-order chi connectivity index (χ0) is 13.7. The number of nitrogens with zero attached hydrogens (tertiary/aromatic N) is 2. The van der Waals surface area contributed by atoms with Gasteiger partial charge in [-0.05, 0) is 43.0 Å². The van der Waals surface area contributed by atoms with Gasteiger partial charge < -0.3 is 10.6 Å². The van der Waals surface area contributed by atoms with Crippen LogP contribution < -0.4 is 10.6 Å². The normalized spacial score (nSPS) is 15.9. The number of rotatable bonds is 3. The number of hydrogen-bond donors (Lipinski definition) is 1. The summed E-state index contributed by atoms with van der Waals surface area (Å²) in [6.07, 6.45) is 5.59. The van der Waals surface area contributed by atoms with Crippen molar-refractivity contribution in [1.82, 2.24) is 0 Å². The van der Waals surface area contributed by atoms with E-state index < -0.39 is 0 Å². The molecule has 0 spiro atoms. The molecule has 4 heteroatoms. The van der Waals surface area contributed by atoms with Crippen LogP contribution in [0.5, 0.6) is 0 Å². The Hall–Kier alpha value is -1.86. The molecule has 0 bridgehead atoms. The van der Waals surface area contributed by atoms with Gasteiger partial charge in [0.2, 0.25) is 0 Å². The van der Waals surface area contributed by atoms with Gasteiger partial charge in [0.15, 0.2) is 0 Å². The van der Waals surface area contributed by atoms with Crippen LogP contribution in [0.1, 0.15) is 24.8 Å². The first-order valence-corrected chi connectivity index (χ1v) is 6.88. The summed E-state index contributed by atoms with van der Waals surface area (Å²) in [5.74, 6) is 0. The van der Waals surface area contributed by atoms with Crippen molar-refractivity contribution in [3.8, 4) is 6.07 Å². The molecule has 2 N–H and O–H groups in total. The molecule has 0 aromatic heterocycles. The lowest BCUT2D eigenvalue weighted by Crippen LogP contribution is -2.29. The summed E-state index contributed by atoms with van der Waals surface area (Å²) in [7, 11) is 0. The van der Waals surface area contributed by atoms with Crippen LogP contribution in [0.25, 0.3) is 6.08 Å². The summed E-state index contributed by atoms with van der Waals surface area (Å²) < 4.78 is 0. The van der Waals surface area contributed by atoms with Gasteiger partial charge in [0, 0.05) is 18.8 Å². The van der Waals surface area contributed by atoms with Gasteiger partial charge in [-0.15, -0.1) is 0 Å². The summed E-state index contributed by atoms with van der Waals surface area (Å²) in [4.78, 5) is 2.54. The lowest BCUT2D eigenvalue weighted by Gasteiger charge is -2.28. The van der Waals surface area contributed by atoms with Crippen molar-refractivity contribution in [1.29, 1.82) is 5.26 Å². The number of nitriles is 1. The third-order valence-corrected chi connectivity index (χ3v) is 3.53. The summed E-state index contributed by atoms with van der Waals surface area (Å²) in [6.45, 7) is 2.26. The van der Waals surface area contributed by atoms with Gasteiger partial charge in [-0.3, -0.25) is 0 Å². The fraction of sp³-hybridized carbons (Fsp3) is 0.333. The molecule has 0 radical (unpaired) electrons. The van der Waals surface area contributed by atoms with E-state index in [1.165, 1.54) is 24.9 Å². The topological polar surface area (TPSA) is 53.0 Å². The molecule has 0 saturated carbocycles. The minimum atomic E-state index is 0.141. The van der Waals surface area contributed by atoms with E-state index in [1.54, 1.807) is 6.08 Å². The molecule has 1 aliphatic heterocycles. The largest absolute Gasteiger partial charge is 0.389 e. The molecular formula is C15H17N3S. The van der Waals surface area contributed by atoms with Crippen molar-refractivity contribution >= 4 is 29.0 Å². The predicted octanol–water partition coefficient (Wildman–Crippen LogP) is 2.87. The van der Waals surface area contributed by atoms with Crippen molar-refractivity contribution in [2.45, 2.75) is 19.3 Å². The number of benzene rings is 1. The maximum atomic E-state index is 8.92. The zero-order valence-electron chi connectivity index (χ0n) is 10.8. The van der Waals surface area contributed by atoms with Crippen LogP contribution >= 0.6 is 12.2 Å². The second kappa shape index (κ2) is 6.35. The lowest BCUT2D eigenvalue weighted by atomic mass is 10.1. The standard InChI is InChI=1S/C15H17N3S/c16-11-13(15(17)19)10-12-4-6-14(7-5-12)18-8-2-1-3-9-18/h4-7,10H,1-3,8-9H2,(H2,17,19). The second-order valence-corrected chi connectivity index (χ2v) is 5.11. The average Bonchev–Trinajstić information content (AvgIpc) is 2.46. The molecule has 2 rings (SSSR count). The second-order valence-electron chi connectivity index (χ2n) is 4.67. The zero-order valence-corrected chi connectivity index (χ0v) is 11.6. The van der Waals surface area contributed by atoms with Gasteiger partial charge in [-0.2, -0.15) is 5.26 Å². The van der Waals surface area contributed by atoms with Gasteiger partial charge in [0.05, 0.1) is 5.57 Å². The third kappa shape index (κ3) is 3.55. The van der Waals surface area contributed by atoms with Gasteiger partial charge in [0.1, 0.15) is 11.1 Å². The highest BCUT2D eigenvalue weighted by Gasteiger charge is 2.10. The molecule has 0 unspecified atom stereocenters. The van der Waals surface area contributed by atoms with Crippen molar-refractivity contribution in [3.63, 3.8) is 0 Å². The Morgan fingerprint density at radius 3 is 2.37 bits per heavy atom. The van der Waals surface area contributed by atoms with Gasteiger partial charge in [-0.25, -0.2) is 0 Å². The summed E-state index contributed by atoms with van der Waals surface area (Å²) >= 11 is 4.82. The minimum absolute atomic E-state index is 0.141. The maximum Gasteiger partial charge on any atom is 0.114 e. The fourth-order valence-electron chi connectivity index (χ4n) is 2.26. The van der Waals surface area contributed by atoms with Crippen molar-refractivity contribution in [3.05, 3.63) is 35.4 Å². The van der Waals surface area contributed by atoms with Crippen LogP contribution in [0.4, 0.5) is 5.69 Å². The molecule has 3 nitrogen and oxygen atoms in total. The van der Waals surface area contributed by atoms with Gasteiger partial charge >= 0.3 is 0 Å². The van der Waals surface area contributed by atoms with Crippen LogP contribution in [0, 0.1) is 11.3 Å². The van der Waals surface area contributed by atoms with Crippen LogP contribution in [0.3, 0.4) is 0 Å². The Labute approximate surface area is 119 Å². The first-order valence-electron chi connectivity index (χ1n) is 6.47. The Bertz CT molecular complexity index is 519. The minimum Gasteiger partial charge on any atom is -0.389 e. The Morgan fingerprint density at radius 1 is 1.21 bits per heavy atom. The van der Waals surface area contributed by atoms with Gasteiger partial charge in [-0.1, -0.05) is 24.4 Å². The van der Waals surface area contributed by atoms with E-state index >= 15 is 0 Å². The molecule has 0 aliphatic carbocycles. The van der Waals surface area contributed by atoms with E-state index in [1.807, 2.05) is 18.2 Å². The smallest absolute Gasteiger partial charge is 0.114 e. The SMILES string of the molecule is N#CC(=Cc1ccc(N2CCCCC2)cc1)C(N)=S. The average molecular weight is 271 g/mol. The van der Waals surface area contributed by atoms with Crippen LogP contribution in [0.2, 0.25) is 0 Å². The summed E-state index contributed by atoms with van der Waals surface area (Å²) in [6, 6.07) is 10.2. The maximum absolute atomic E-state index is 8.92. The van der Waals surface area contributed by atoms with Crippen molar-refractivity contribution in [2.24, 2.45) is 5.73 Å². The van der Waals surface area contributed by atoms with E-state index in [2.05, 4.69) is 17.0 Å². The molecule has 1 heterocycles. The molecule has 0 amide bonds. The number of hydrogen-bond acceptors (Lipinski definition) is 3. The molecule has 1 fully saturated rings. The summed E-state index contributed by atoms with van der Waals surface area (Å²) in [5.41, 5.74) is 8.01. The molecule has 19 heavy (non-hydrogen) atoms. The van der Waals surface area contributed by atoms with Crippen molar-refractivity contribution < 1.29 is 0 Å². The monoisotopic (exact) mass is 271 g/mol. The Morgan fingerprint density at radius 2 is 1.84 bits per heavy atom. The molecule has 1 aromatic carbocycles. The first kappa shape index (κ1) is 13.6. The molecule has 0 atom stereocenters. The molecule has 1 aliphatic rings. The van der Waals surface area contributed by atoms with Gasteiger partial charge in [0.25, 0.3) is 0 Å². The molecule has 1 aromatic rings. The fourth-order valence-corrected chi connectivity index (χ4v) is 2.36. The van der Waals surface area contributed by atoms with E-state index in [9.17, 15) is 0 Å². The van der Waals surface area contributed by atoms with Crippen molar-refractivity contribution in [2.75, 3.05) is 18.0 Å². The quantitative estimate of drug-likeness (QED) is 0.522. The predicted molar refractivity (Wildman–Crippen MR) is 82.9 cm³/mol. The van der Waals surface area contributed by atoms with Crippen LogP contribution in [0.15, 0.2) is 29.8 Å². The van der Waals surface area contributed by atoms with Crippen LogP contribution in [-0.4, -0.2) is 18.1 Å². The highest BCUT2D eigenvalue weighted by Crippen LogP contribution is 2.21. The highest BCUT2D eigenvalue weighted by atomic mass is 32.1. The molecule has 98 valence electrons. The number of thiocarbonyl (C=S) groups is 1. The molecular weight excluding hydrogens is 254 g/mol. The lowest BCUT2D eigenvalue weighted by molar-refractivity contribution is 0.578. The first-order chi connectivity index (χ1) is 9.20. The van der Waals surface area contributed by atoms with Crippen LogP contribution in [-0.2, 0) is 0 Å². The number of nitrogens with two attached hydrogens (primary N) is 1. The van der Waals surface area contributed by atoms with E-state index in [-0.39, 0.29) is 4.99 Å². The Balaban J connectivity index is 2.14. The third-order valence-electron chi connectivity index (χ3n) is 3.31. The number of anilines is 1. The summed E-state index contributed by atoms with van der Waals surface area (Å²) in [5, 5.41) is 8.92. The molecule has 1 saturated heterocycles. The van der Waals surface area contributed by atoms with E-state index in [4.69, 9.17) is 23.2 Å². The Kier molecular flexibility index (Phi) is 4.53. The highest BCUT2D eigenvalue weighted by molar-refractivity contribution is 7.80. The number of piperidine rings is 1. The van der Waals surface area contributed by atoms with E-state index in [0.29, 0.717) is 5.57 Å².